The summed E-state index contributed by atoms with van der Waals surface area (Å²) in [5.41, 5.74) is 0.126. The second-order valence-electron chi connectivity index (χ2n) is 5.15. The monoisotopic (exact) mass is 198 g/mol. The molecule has 2 heteroatoms. The fourth-order valence-electron chi connectivity index (χ4n) is 1.25. The van der Waals surface area contributed by atoms with E-state index in [2.05, 4.69) is 51.9 Å². The molecule has 84 valence electrons. The van der Waals surface area contributed by atoms with Crippen LogP contribution >= 0.6 is 0 Å². The van der Waals surface area contributed by atoms with Crippen molar-refractivity contribution in [3.8, 4) is 0 Å². The lowest BCUT2D eigenvalue weighted by molar-refractivity contribution is 0.502. The van der Waals surface area contributed by atoms with Gasteiger partial charge in [-0.05, 0) is 41.0 Å². The third-order valence-electron chi connectivity index (χ3n) is 1.70. The van der Waals surface area contributed by atoms with Gasteiger partial charge in [0.05, 0.1) is 5.84 Å². The van der Waals surface area contributed by atoms with Crippen LogP contribution in [0.15, 0.2) is 4.99 Å². The third-order valence-corrected chi connectivity index (χ3v) is 1.70. The molecule has 0 aromatic heterocycles. The van der Waals surface area contributed by atoms with Crippen LogP contribution in [-0.4, -0.2) is 17.4 Å². The Balaban J connectivity index is 4.25. The fraction of sp³-hybridized carbons (Fsp3) is 0.917. The molecule has 0 spiro atoms. The van der Waals surface area contributed by atoms with Gasteiger partial charge < -0.3 is 5.32 Å². The molecule has 1 N–H and O–H groups in total. The lowest BCUT2D eigenvalue weighted by Gasteiger charge is -2.24. The molecule has 0 unspecified atom stereocenters. The SMILES string of the molecule is CCCCC(=NC(C)C)NC(C)(C)C. The summed E-state index contributed by atoms with van der Waals surface area (Å²) in [6, 6.07) is 0.386. The number of rotatable bonds is 4. The Bertz CT molecular complexity index is 175. The first-order valence-electron chi connectivity index (χ1n) is 5.70. The standard InChI is InChI=1S/C12H26N2/c1-7-8-9-11(13-10(2)3)14-12(4,5)6/h10H,7-9H2,1-6H3,(H,13,14). The van der Waals surface area contributed by atoms with Crippen LogP contribution in [0, 0.1) is 0 Å². The van der Waals surface area contributed by atoms with Crippen LogP contribution in [0.25, 0.3) is 0 Å². The molecule has 2 nitrogen and oxygen atoms in total. The van der Waals surface area contributed by atoms with Gasteiger partial charge in [-0.1, -0.05) is 13.3 Å². The van der Waals surface area contributed by atoms with E-state index in [1.807, 2.05) is 0 Å². The topological polar surface area (TPSA) is 24.4 Å². The van der Waals surface area contributed by atoms with Crippen molar-refractivity contribution in [2.75, 3.05) is 0 Å². The molecule has 0 aromatic rings. The van der Waals surface area contributed by atoms with Crippen LogP contribution < -0.4 is 5.32 Å². The second-order valence-corrected chi connectivity index (χ2v) is 5.15. The number of hydrogen-bond acceptors (Lipinski definition) is 1. The second kappa shape index (κ2) is 6.05. The van der Waals surface area contributed by atoms with Gasteiger partial charge in [0.1, 0.15) is 0 Å². The number of aliphatic imine (C=N–C) groups is 1. The molecule has 0 rings (SSSR count). The highest BCUT2D eigenvalue weighted by Gasteiger charge is 2.11. The predicted molar refractivity (Wildman–Crippen MR) is 65.0 cm³/mol. The summed E-state index contributed by atoms with van der Waals surface area (Å²) < 4.78 is 0. The molecule has 0 aromatic carbocycles. The summed E-state index contributed by atoms with van der Waals surface area (Å²) in [5.74, 6) is 1.16. The molecule has 0 aliphatic rings. The fourth-order valence-corrected chi connectivity index (χ4v) is 1.25. The molecular formula is C12H26N2. The highest BCUT2D eigenvalue weighted by Crippen LogP contribution is 2.04. The molecule has 14 heavy (non-hydrogen) atoms. The molecule has 0 fully saturated rings. The molecule has 0 bridgehead atoms. The highest BCUT2D eigenvalue weighted by atomic mass is 15.0. The van der Waals surface area contributed by atoms with Crippen molar-refractivity contribution < 1.29 is 0 Å². The molecule has 0 heterocycles. The van der Waals surface area contributed by atoms with Crippen molar-refractivity contribution in [1.29, 1.82) is 0 Å². The Hall–Kier alpha value is -0.530. The van der Waals surface area contributed by atoms with Crippen LogP contribution in [0.5, 0.6) is 0 Å². The molecule has 0 amide bonds. The Labute approximate surface area is 89.2 Å². The van der Waals surface area contributed by atoms with Crippen LogP contribution in [0.4, 0.5) is 0 Å². The normalized spacial score (nSPS) is 13.5. The van der Waals surface area contributed by atoms with Gasteiger partial charge in [-0.3, -0.25) is 4.99 Å². The van der Waals surface area contributed by atoms with Gasteiger partial charge in [-0.25, -0.2) is 0 Å². The zero-order chi connectivity index (χ0) is 11.2. The average molecular weight is 198 g/mol. The largest absolute Gasteiger partial charge is 0.369 e. The van der Waals surface area contributed by atoms with E-state index in [4.69, 9.17) is 0 Å². The summed E-state index contributed by atoms with van der Waals surface area (Å²) in [7, 11) is 0. The summed E-state index contributed by atoms with van der Waals surface area (Å²) in [6.45, 7) is 13.0. The van der Waals surface area contributed by atoms with Crippen molar-refractivity contribution in [2.45, 2.75) is 72.4 Å². The molecule has 0 atom stereocenters. The van der Waals surface area contributed by atoms with Gasteiger partial charge in [0.15, 0.2) is 0 Å². The molecule has 0 aliphatic carbocycles. The van der Waals surface area contributed by atoms with Crippen molar-refractivity contribution >= 4 is 5.84 Å². The number of nitrogens with zero attached hydrogens (tertiary/aromatic N) is 1. The Kier molecular flexibility index (Phi) is 5.82. The number of unbranched alkanes of at least 4 members (excludes halogenated alkanes) is 1. The summed E-state index contributed by atoms with van der Waals surface area (Å²) >= 11 is 0. The Morgan fingerprint density at radius 2 is 1.86 bits per heavy atom. The summed E-state index contributed by atoms with van der Waals surface area (Å²) in [5, 5.41) is 3.47. The van der Waals surface area contributed by atoms with Gasteiger partial charge >= 0.3 is 0 Å². The van der Waals surface area contributed by atoms with E-state index in [0.29, 0.717) is 6.04 Å². The van der Waals surface area contributed by atoms with E-state index in [0.717, 1.165) is 12.3 Å². The minimum Gasteiger partial charge on any atom is -0.369 e. The highest BCUT2D eigenvalue weighted by molar-refractivity contribution is 5.82. The molecule has 0 aliphatic heterocycles. The lowest BCUT2D eigenvalue weighted by atomic mass is 10.1. The number of hydrogen-bond donors (Lipinski definition) is 1. The zero-order valence-electron chi connectivity index (χ0n) is 10.6. The van der Waals surface area contributed by atoms with Crippen molar-refractivity contribution in [1.82, 2.24) is 5.32 Å². The van der Waals surface area contributed by atoms with E-state index in [-0.39, 0.29) is 5.54 Å². The van der Waals surface area contributed by atoms with Gasteiger partial charge in [0.25, 0.3) is 0 Å². The zero-order valence-corrected chi connectivity index (χ0v) is 10.6. The van der Waals surface area contributed by atoms with Gasteiger partial charge in [-0.2, -0.15) is 0 Å². The minimum atomic E-state index is 0.126. The smallest absolute Gasteiger partial charge is 0.0970 e. The molecule has 0 radical (unpaired) electrons. The Morgan fingerprint density at radius 3 is 2.21 bits per heavy atom. The molecular weight excluding hydrogens is 172 g/mol. The first-order chi connectivity index (χ1) is 6.35. The van der Waals surface area contributed by atoms with Crippen molar-refractivity contribution in [2.24, 2.45) is 4.99 Å². The maximum absolute atomic E-state index is 4.61. The van der Waals surface area contributed by atoms with Crippen molar-refractivity contribution in [3.63, 3.8) is 0 Å². The summed E-state index contributed by atoms with van der Waals surface area (Å²) in [4.78, 5) is 4.61. The summed E-state index contributed by atoms with van der Waals surface area (Å²) in [6.07, 6.45) is 3.52. The molecule has 0 saturated carbocycles. The van der Waals surface area contributed by atoms with Crippen LogP contribution in [0.3, 0.4) is 0 Å². The maximum atomic E-state index is 4.61. The third kappa shape index (κ3) is 8.09. The van der Waals surface area contributed by atoms with Crippen LogP contribution in [-0.2, 0) is 0 Å². The van der Waals surface area contributed by atoms with Gasteiger partial charge in [-0.15, -0.1) is 0 Å². The van der Waals surface area contributed by atoms with Crippen LogP contribution in [0.2, 0.25) is 0 Å². The van der Waals surface area contributed by atoms with Crippen LogP contribution in [0.1, 0.15) is 60.8 Å². The lowest BCUT2D eigenvalue weighted by Crippen LogP contribution is -2.41. The van der Waals surface area contributed by atoms with E-state index in [9.17, 15) is 0 Å². The quantitative estimate of drug-likeness (QED) is 0.543. The van der Waals surface area contributed by atoms with E-state index >= 15 is 0 Å². The predicted octanol–water partition coefficient (Wildman–Crippen LogP) is 3.37. The first-order valence-corrected chi connectivity index (χ1v) is 5.70. The average Bonchev–Trinajstić information content (AvgIpc) is 1.96. The van der Waals surface area contributed by atoms with E-state index in [1.54, 1.807) is 0 Å². The van der Waals surface area contributed by atoms with E-state index < -0.39 is 0 Å². The van der Waals surface area contributed by atoms with E-state index in [1.165, 1.54) is 12.8 Å². The number of nitrogens with one attached hydrogen (secondary N) is 1. The number of amidine groups is 1. The van der Waals surface area contributed by atoms with Crippen molar-refractivity contribution in [3.05, 3.63) is 0 Å². The Morgan fingerprint density at radius 1 is 1.29 bits per heavy atom. The minimum absolute atomic E-state index is 0.126. The van der Waals surface area contributed by atoms with Gasteiger partial charge in [0, 0.05) is 18.0 Å². The molecule has 0 saturated heterocycles. The van der Waals surface area contributed by atoms with Gasteiger partial charge in [0.2, 0.25) is 0 Å². The maximum Gasteiger partial charge on any atom is 0.0970 e. The first kappa shape index (κ1) is 13.5.